The van der Waals surface area contributed by atoms with Gasteiger partial charge in [0, 0.05) is 19.2 Å². The molecular formula is C13H21NO6S. The summed E-state index contributed by atoms with van der Waals surface area (Å²) < 4.78 is 41.9. The van der Waals surface area contributed by atoms with E-state index in [1.54, 1.807) is 0 Å². The number of nitrogens with one attached hydrogen (secondary N) is 1. The van der Waals surface area contributed by atoms with Crippen LogP contribution in [-0.2, 0) is 14.8 Å². The molecule has 0 fully saturated rings. The van der Waals surface area contributed by atoms with Crippen molar-refractivity contribution in [3.63, 3.8) is 0 Å². The summed E-state index contributed by atoms with van der Waals surface area (Å²) >= 11 is 0. The van der Waals surface area contributed by atoms with Gasteiger partial charge in [-0.25, -0.2) is 13.1 Å². The third-order valence-electron chi connectivity index (χ3n) is 2.66. The monoisotopic (exact) mass is 319 g/mol. The average Bonchev–Trinajstić information content (AvgIpc) is 2.49. The maximum Gasteiger partial charge on any atom is 0.240 e. The van der Waals surface area contributed by atoms with Crippen molar-refractivity contribution >= 4 is 10.0 Å². The summed E-state index contributed by atoms with van der Waals surface area (Å²) in [6, 6.07) is 4.40. The second-order valence-corrected chi connectivity index (χ2v) is 5.87. The molecule has 1 rings (SSSR count). The second kappa shape index (κ2) is 8.83. The molecule has 0 aliphatic heterocycles. The van der Waals surface area contributed by atoms with Crippen molar-refractivity contribution in [1.82, 2.24) is 4.72 Å². The van der Waals surface area contributed by atoms with Gasteiger partial charge in [-0.2, -0.15) is 0 Å². The zero-order chi connectivity index (χ0) is 15.7. The van der Waals surface area contributed by atoms with Crippen molar-refractivity contribution in [1.29, 1.82) is 0 Å². The molecular weight excluding hydrogens is 298 g/mol. The lowest BCUT2D eigenvalue weighted by molar-refractivity contribution is 0.0913. The van der Waals surface area contributed by atoms with Gasteiger partial charge in [-0.3, -0.25) is 0 Å². The first kappa shape index (κ1) is 17.7. The number of aliphatic hydroxyl groups excluding tert-OH is 1. The zero-order valence-electron chi connectivity index (χ0n) is 12.2. The van der Waals surface area contributed by atoms with Gasteiger partial charge in [-0.1, -0.05) is 0 Å². The molecule has 0 amide bonds. The molecule has 0 aromatic heterocycles. The van der Waals surface area contributed by atoms with Crippen LogP contribution in [0.1, 0.15) is 6.42 Å². The minimum Gasteiger partial charge on any atom is -0.493 e. The van der Waals surface area contributed by atoms with Crippen molar-refractivity contribution < 1.29 is 27.7 Å². The van der Waals surface area contributed by atoms with Gasteiger partial charge in [0.05, 0.1) is 32.3 Å². The van der Waals surface area contributed by atoms with Crippen LogP contribution in [0.15, 0.2) is 23.1 Å². The van der Waals surface area contributed by atoms with Crippen LogP contribution in [0.3, 0.4) is 0 Å². The third-order valence-corrected chi connectivity index (χ3v) is 4.12. The van der Waals surface area contributed by atoms with Crippen LogP contribution in [0.5, 0.6) is 11.5 Å². The fourth-order valence-electron chi connectivity index (χ4n) is 1.61. The molecule has 0 atom stereocenters. The highest BCUT2D eigenvalue weighted by Crippen LogP contribution is 2.29. The summed E-state index contributed by atoms with van der Waals surface area (Å²) in [7, 11) is -0.674. The predicted octanol–water partition coefficient (Wildman–Crippen LogP) is 0.381. The van der Waals surface area contributed by atoms with Crippen LogP contribution in [-0.4, -0.2) is 54.1 Å². The van der Waals surface area contributed by atoms with E-state index in [2.05, 4.69) is 4.72 Å². The lowest BCUT2D eigenvalue weighted by atomic mass is 10.3. The van der Waals surface area contributed by atoms with E-state index in [1.807, 2.05) is 0 Å². The Kier molecular flexibility index (Phi) is 7.44. The Morgan fingerprint density at radius 3 is 2.48 bits per heavy atom. The molecule has 0 aliphatic carbocycles. The maximum atomic E-state index is 12.1. The van der Waals surface area contributed by atoms with Crippen molar-refractivity contribution in [3.05, 3.63) is 18.2 Å². The van der Waals surface area contributed by atoms with E-state index in [0.717, 1.165) is 0 Å². The first-order valence-corrected chi connectivity index (χ1v) is 7.93. The maximum absolute atomic E-state index is 12.1. The molecule has 8 heteroatoms. The molecule has 1 aromatic rings. The Labute approximate surface area is 124 Å². The average molecular weight is 319 g/mol. The molecule has 0 spiro atoms. The van der Waals surface area contributed by atoms with Crippen molar-refractivity contribution in [2.45, 2.75) is 11.3 Å². The van der Waals surface area contributed by atoms with Gasteiger partial charge in [0.1, 0.15) is 0 Å². The highest BCUT2D eigenvalue weighted by molar-refractivity contribution is 7.89. The number of rotatable bonds is 10. The second-order valence-electron chi connectivity index (χ2n) is 4.10. The standard InChI is InChI=1S/C13H21NO6S/c1-18-12-5-4-11(10-13(12)19-2)21(16,17)14-6-3-8-20-9-7-15/h4-5,10,14-15H,3,6-9H2,1-2H3. The van der Waals surface area contributed by atoms with Gasteiger partial charge < -0.3 is 19.3 Å². The Balaban J connectivity index is 2.62. The molecule has 0 saturated heterocycles. The van der Waals surface area contributed by atoms with E-state index in [0.29, 0.717) is 24.5 Å². The first-order valence-electron chi connectivity index (χ1n) is 6.45. The third kappa shape index (κ3) is 5.50. The summed E-state index contributed by atoms with van der Waals surface area (Å²) in [6.45, 7) is 0.844. The molecule has 0 unspecified atom stereocenters. The van der Waals surface area contributed by atoms with Gasteiger partial charge in [-0.15, -0.1) is 0 Å². The molecule has 1 aromatic carbocycles. The molecule has 0 saturated carbocycles. The summed E-state index contributed by atoms with van der Waals surface area (Å²) in [4.78, 5) is 0.108. The van der Waals surface area contributed by atoms with E-state index < -0.39 is 10.0 Å². The number of aliphatic hydroxyl groups is 1. The van der Waals surface area contributed by atoms with Crippen LogP contribution in [0.4, 0.5) is 0 Å². The van der Waals surface area contributed by atoms with Crippen LogP contribution >= 0.6 is 0 Å². The van der Waals surface area contributed by atoms with E-state index in [-0.39, 0.29) is 24.7 Å². The topological polar surface area (TPSA) is 94.1 Å². The van der Waals surface area contributed by atoms with E-state index in [1.165, 1.54) is 32.4 Å². The van der Waals surface area contributed by atoms with Crippen LogP contribution in [0.2, 0.25) is 0 Å². The summed E-state index contributed by atoms with van der Waals surface area (Å²) in [5.41, 5.74) is 0. The van der Waals surface area contributed by atoms with Crippen LogP contribution in [0.25, 0.3) is 0 Å². The first-order chi connectivity index (χ1) is 10.0. The fourth-order valence-corrected chi connectivity index (χ4v) is 2.70. The Hall–Kier alpha value is -1.35. The summed E-state index contributed by atoms with van der Waals surface area (Å²) in [5, 5.41) is 8.53. The Bertz CT molecular complexity index is 531. The van der Waals surface area contributed by atoms with Gasteiger partial charge in [-0.05, 0) is 18.6 Å². The normalized spacial score (nSPS) is 11.4. The lowest BCUT2D eigenvalue weighted by Gasteiger charge is -2.11. The molecule has 120 valence electrons. The van der Waals surface area contributed by atoms with Gasteiger partial charge >= 0.3 is 0 Å². The largest absolute Gasteiger partial charge is 0.493 e. The zero-order valence-corrected chi connectivity index (χ0v) is 13.0. The van der Waals surface area contributed by atoms with Gasteiger partial charge in [0.15, 0.2) is 11.5 Å². The lowest BCUT2D eigenvalue weighted by Crippen LogP contribution is -2.25. The number of ether oxygens (including phenoxy) is 3. The van der Waals surface area contributed by atoms with Crippen molar-refractivity contribution in [2.75, 3.05) is 40.6 Å². The number of hydrogen-bond donors (Lipinski definition) is 2. The molecule has 0 radical (unpaired) electrons. The molecule has 0 heterocycles. The van der Waals surface area contributed by atoms with Crippen LogP contribution < -0.4 is 14.2 Å². The van der Waals surface area contributed by atoms with E-state index in [4.69, 9.17) is 19.3 Å². The number of hydrogen-bond acceptors (Lipinski definition) is 6. The minimum atomic E-state index is -3.60. The molecule has 7 nitrogen and oxygen atoms in total. The number of methoxy groups -OCH3 is 2. The number of benzene rings is 1. The van der Waals surface area contributed by atoms with Gasteiger partial charge in [0.2, 0.25) is 10.0 Å². The minimum absolute atomic E-state index is 0.0443. The highest BCUT2D eigenvalue weighted by Gasteiger charge is 2.16. The van der Waals surface area contributed by atoms with Crippen molar-refractivity contribution in [3.8, 4) is 11.5 Å². The highest BCUT2D eigenvalue weighted by atomic mass is 32.2. The fraction of sp³-hybridized carbons (Fsp3) is 0.538. The van der Waals surface area contributed by atoms with Crippen LogP contribution in [0, 0.1) is 0 Å². The van der Waals surface area contributed by atoms with Crippen molar-refractivity contribution in [2.24, 2.45) is 0 Å². The summed E-state index contributed by atoms with van der Waals surface area (Å²) in [6.07, 6.45) is 0.520. The summed E-state index contributed by atoms with van der Waals surface area (Å²) in [5.74, 6) is 0.820. The molecule has 0 bridgehead atoms. The van der Waals surface area contributed by atoms with E-state index in [9.17, 15) is 8.42 Å². The van der Waals surface area contributed by atoms with Gasteiger partial charge in [0.25, 0.3) is 0 Å². The quantitative estimate of drug-likeness (QED) is 0.606. The Morgan fingerprint density at radius 1 is 1.14 bits per heavy atom. The van der Waals surface area contributed by atoms with E-state index >= 15 is 0 Å². The Morgan fingerprint density at radius 2 is 1.86 bits per heavy atom. The molecule has 0 aliphatic rings. The number of sulfonamides is 1. The molecule has 21 heavy (non-hydrogen) atoms. The smallest absolute Gasteiger partial charge is 0.240 e. The molecule has 2 N–H and O–H groups in total. The SMILES string of the molecule is COc1ccc(S(=O)(=O)NCCCOCCO)cc1OC. The predicted molar refractivity (Wildman–Crippen MR) is 77.3 cm³/mol.